The Morgan fingerprint density at radius 1 is 1.34 bits per heavy atom. The molecule has 0 aromatic carbocycles. The number of alkyl halides is 3. The maximum absolute atomic E-state index is 12.8. The lowest BCUT2D eigenvalue weighted by atomic mass is 9.81. The third-order valence-electron chi connectivity index (χ3n) is 5.07. The molecule has 3 rings (SSSR count). The van der Waals surface area contributed by atoms with Crippen molar-refractivity contribution < 1.29 is 32.8 Å². The summed E-state index contributed by atoms with van der Waals surface area (Å²) in [4.78, 5) is 30.2. The summed E-state index contributed by atoms with van der Waals surface area (Å²) in [5, 5.41) is 24.4. The van der Waals surface area contributed by atoms with E-state index in [1.54, 1.807) is 0 Å². The second-order valence-electron chi connectivity index (χ2n) is 7.46. The first kappa shape index (κ1) is 21.8. The molecule has 1 aliphatic heterocycles. The molecule has 1 aliphatic carbocycles. The highest BCUT2D eigenvalue weighted by molar-refractivity contribution is 7.13. The van der Waals surface area contributed by atoms with Crippen LogP contribution in [0.5, 0.6) is 0 Å². The van der Waals surface area contributed by atoms with E-state index in [2.05, 4.69) is 15.6 Å². The molecule has 0 radical (unpaired) electrons. The van der Waals surface area contributed by atoms with Crippen LogP contribution in [0.1, 0.15) is 38.3 Å². The molecule has 2 aliphatic rings. The molecule has 29 heavy (non-hydrogen) atoms. The van der Waals surface area contributed by atoms with E-state index in [0.29, 0.717) is 25.3 Å². The highest BCUT2D eigenvalue weighted by atomic mass is 32.1. The van der Waals surface area contributed by atoms with Crippen LogP contribution in [-0.4, -0.2) is 58.5 Å². The lowest BCUT2D eigenvalue weighted by Gasteiger charge is -2.40. The van der Waals surface area contributed by atoms with Crippen LogP contribution in [0, 0.1) is 5.92 Å². The molecule has 13 heteroatoms. The van der Waals surface area contributed by atoms with Gasteiger partial charge in [0, 0.05) is 11.9 Å². The minimum absolute atomic E-state index is 0.115. The molecule has 1 aromatic rings. The molecule has 8 nitrogen and oxygen atoms in total. The monoisotopic (exact) mass is 434 g/mol. The Bertz CT molecular complexity index is 759. The van der Waals surface area contributed by atoms with E-state index >= 15 is 0 Å². The summed E-state index contributed by atoms with van der Waals surface area (Å²) in [7, 11) is -1.73. The van der Waals surface area contributed by atoms with Crippen molar-refractivity contribution in [2.24, 2.45) is 5.92 Å². The number of hydrogen-bond acceptors (Lipinski definition) is 7. The minimum atomic E-state index is -4.54. The quantitative estimate of drug-likeness (QED) is 0.445. The Hall–Kier alpha value is -1.86. The third-order valence-corrected chi connectivity index (χ3v) is 5.94. The summed E-state index contributed by atoms with van der Waals surface area (Å²) in [5.41, 5.74) is -0.994. The molecule has 1 aromatic heterocycles. The van der Waals surface area contributed by atoms with E-state index in [-0.39, 0.29) is 5.13 Å². The lowest BCUT2D eigenvalue weighted by molar-refractivity contribution is -0.140. The fourth-order valence-electron chi connectivity index (χ4n) is 3.00. The van der Waals surface area contributed by atoms with E-state index in [0.717, 1.165) is 29.6 Å². The standard InChI is InChI=1S/C16H22BF3N4O4S/c1-8(17(27)28)21-13(25)10(6-9-2-3-9)22-14(26)11-4-5-24(11)15-23-12(7-29-15)16(18,19)20/h7-11,27-28H,2-6H2,1H3,(H,21,25)(H,22,26)/t8?,10-,11-/m0/s1. The fourth-order valence-corrected chi connectivity index (χ4v) is 3.91. The van der Waals surface area contributed by atoms with Crippen LogP contribution in [0.25, 0.3) is 0 Å². The van der Waals surface area contributed by atoms with Gasteiger partial charge in [0.15, 0.2) is 10.8 Å². The van der Waals surface area contributed by atoms with Crippen molar-refractivity contribution >= 4 is 35.4 Å². The minimum Gasteiger partial charge on any atom is -0.426 e. The largest absolute Gasteiger partial charge is 0.475 e. The number of aromatic nitrogens is 1. The molecule has 3 atom stereocenters. The van der Waals surface area contributed by atoms with Crippen LogP contribution in [0.2, 0.25) is 0 Å². The number of carbonyl (C=O) groups is 2. The summed E-state index contributed by atoms with van der Waals surface area (Å²) in [5.74, 6) is -1.58. The predicted octanol–water partition coefficient (Wildman–Crippen LogP) is 0.542. The molecule has 2 fully saturated rings. The average Bonchev–Trinajstić information content (AvgIpc) is 3.26. The summed E-state index contributed by atoms with van der Waals surface area (Å²) >= 11 is 0.819. The Labute approximate surface area is 169 Å². The van der Waals surface area contributed by atoms with Gasteiger partial charge in [0.1, 0.15) is 12.1 Å². The van der Waals surface area contributed by atoms with Crippen molar-refractivity contribution in [3.8, 4) is 0 Å². The highest BCUT2D eigenvalue weighted by Gasteiger charge is 2.41. The normalized spacial score (nSPS) is 21.2. The van der Waals surface area contributed by atoms with Gasteiger partial charge in [-0.05, 0) is 25.7 Å². The molecule has 0 spiro atoms. The van der Waals surface area contributed by atoms with Crippen molar-refractivity contribution in [3.05, 3.63) is 11.1 Å². The molecule has 2 heterocycles. The maximum Gasteiger partial charge on any atom is 0.475 e. The van der Waals surface area contributed by atoms with E-state index in [1.165, 1.54) is 11.8 Å². The molecule has 4 N–H and O–H groups in total. The number of thiazole rings is 1. The van der Waals surface area contributed by atoms with Crippen molar-refractivity contribution in [1.82, 2.24) is 15.6 Å². The van der Waals surface area contributed by atoms with Gasteiger partial charge >= 0.3 is 13.3 Å². The van der Waals surface area contributed by atoms with Crippen LogP contribution in [-0.2, 0) is 15.8 Å². The Morgan fingerprint density at radius 2 is 2.03 bits per heavy atom. The van der Waals surface area contributed by atoms with Crippen molar-refractivity contribution in [3.63, 3.8) is 0 Å². The van der Waals surface area contributed by atoms with E-state index in [9.17, 15) is 22.8 Å². The van der Waals surface area contributed by atoms with Crippen LogP contribution in [0.3, 0.4) is 0 Å². The Balaban J connectivity index is 1.63. The molecule has 0 bridgehead atoms. The molecule has 160 valence electrons. The van der Waals surface area contributed by atoms with Gasteiger partial charge in [0.05, 0.1) is 5.94 Å². The van der Waals surface area contributed by atoms with Crippen LogP contribution >= 0.6 is 11.3 Å². The summed E-state index contributed by atoms with van der Waals surface area (Å²) < 4.78 is 38.3. The average molecular weight is 434 g/mol. The maximum atomic E-state index is 12.8. The van der Waals surface area contributed by atoms with Crippen molar-refractivity contribution in [2.45, 2.75) is 56.8 Å². The summed E-state index contributed by atoms with van der Waals surface area (Å²) in [6.07, 6.45) is -1.78. The van der Waals surface area contributed by atoms with Crippen molar-refractivity contribution in [2.75, 3.05) is 11.4 Å². The van der Waals surface area contributed by atoms with Crippen molar-refractivity contribution in [1.29, 1.82) is 0 Å². The molecular formula is C16H22BF3N4O4S. The van der Waals surface area contributed by atoms with Crippen LogP contribution in [0.15, 0.2) is 5.38 Å². The van der Waals surface area contributed by atoms with Gasteiger partial charge in [-0.15, -0.1) is 11.3 Å². The first-order valence-electron chi connectivity index (χ1n) is 9.32. The smallest absolute Gasteiger partial charge is 0.426 e. The lowest BCUT2D eigenvalue weighted by Crippen LogP contribution is -2.60. The van der Waals surface area contributed by atoms with Gasteiger partial charge in [0.2, 0.25) is 11.8 Å². The molecule has 1 saturated heterocycles. The first-order valence-corrected chi connectivity index (χ1v) is 10.2. The van der Waals surface area contributed by atoms with Gasteiger partial charge in [0.25, 0.3) is 0 Å². The third kappa shape index (κ3) is 5.40. The molecule has 1 saturated carbocycles. The first-order chi connectivity index (χ1) is 13.6. The second kappa shape index (κ2) is 8.48. The van der Waals surface area contributed by atoms with Gasteiger partial charge < -0.3 is 25.6 Å². The van der Waals surface area contributed by atoms with Gasteiger partial charge in [-0.2, -0.15) is 13.2 Å². The highest BCUT2D eigenvalue weighted by Crippen LogP contribution is 2.36. The number of hydrogen-bond donors (Lipinski definition) is 4. The number of rotatable bonds is 8. The molecule has 2 amide bonds. The number of carbonyl (C=O) groups excluding carboxylic acids is 2. The number of nitrogens with zero attached hydrogens (tertiary/aromatic N) is 2. The number of halogens is 3. The zero-order valence-corrected chi connectivity index (χ0v) is 16.5. The van der Waals surface area contributed by atoms with Gasteiger partial charge in [-0.3, -0.25) is 9.59 Å². The topological polar surface area (TPSA) is 115 Å². The second-order valence-corrected chi connectivity index (χ2v) is 8.30. The predicted molar refractivity (Wildman–Crippen MR) is 99.9 cm³/mol. The molecular weight excluding hydrogens is 412 g/mol. The number of amides is 2. The Kier molecular flexibility index (Phi) is 6.39. The van der Waals surface area contributed by atoms with E-state index in [4.69, 9.17) is 10.0 Å². The Morgan fingerprint density at radius 3 is 2.52 bits per heavy atom. The number of nitrogens with one attached hydrogen (secondary N) is 2. The van der Waals surface area contributed by atoms with Crippen LogP contribution < -0.4 is 15.5 Å². The van der Waals surface area contributed by atoms with Gasteiger partial charge in [-0.1, -0.05) is 12.8 Å². The van der Waals surface area contributed by atoms with Gasteiger partial charge in [-0.25, -0.2) is 4.98 Å². The molecule has 1 unspecified atom stereocenters. The van der Waals surface area contributed by atoms with Crippen LogP contribution in [0.4, 0.5) is 18.3 Å². The van der Waals surface area contributed by atoms with E-state index < -0.39 is 48.8 Å². The van der Waals surface area contributed by atoms with E-state index in [1.807, 2.05) is 0 Å². The number of anilines is 1. The summed E-state index contributed by atoms with van der Waals surface area (Å²) in [6.45, 7) is 1.82. The summed E-state index contributed by atoms with van der Waals surface area (Å²) in [6, 6.07) is -1.54. The SMILES string of the molecule is CC(NC(=O)[C@H](CC1CC1)NC(=O)[C@@H]1CCN1c1nc(C(F)(F)F)cs1)B(O)O. The zero-order valence-electron chi connectivity index (χ0n) is 15.6. The fraction of sp³-hybridized carbons (Fsp3) is 0.688. The zero-order chi connectivity index (χ0) is 21.3.